The van der Waals surface area contributed by atoms with Crippen molar-refractivity contribution in [2.75, 3.05) is 0 Å². The summed E-state index contributed by atoms with van der Waals surface area (Å²) in [4.78, 5) is 16.9. The lowest BCUT2D eigenvalue weighted by atomic mass is 10.1. The highest BCUT2D eigenvalue weighted by molar-refractivity contribution is 5.16. The maximum absolute atomic E-state index is 12.5. The molecule has 0 spiro atoms. The van der Waals surface area contributed by atoms with Gasteiger partial charge < -0.3 is 4.98 Å². The largest absolute Gasteiger partial charge is 0.433 e. The van der Waals surface area contributed by atoms with E-state index in [4.69, 9.17) is 0 Å². The third-order valence-corrected chi connectivity index (χ3v) is 2.57. The monoisotopic (exact) mass is 268 g/mol. The van der Waals surface area contributed by atoms with Crippen molar-refractivity contribution in [2.45, 2.75) is 19.0 Å². The summed E-state index contributed by atoms with van der Waals surface area (Å²) in [6.45, 7) is 0. The molecule has 0 unspecified atom stereocenters. The van der Waals surface area contributed by atoms with Gasteiger partial charge in [0.05, 0.1) is 0 Å². The molecular formula is C13H11F3N2O. The van der Waals surface area contributed by atoms with Crippen molar-refractivity contribution >= 4 is 0 Å². The van der Waals surface area contributed by atoms with Crippen LogP contribution in [0.3, 0.4) is 0 Å². The molecule has 0 radical (unpaired) electrons. The van der Waals surface area contributed by atoms with E-state index in [1.165, 1.54) is 0 Å². The van der Waals surface area contributed by atoms with Crippen molar-refractivity contribution in [3.63, 3.8) is 0 Å². The average molecular weight is 268 g/mol. The first-order chi connectivity index (χ1) is 8.95. The minimum absolute atomic E-state index is 0.0451. The zero-order chi connectivity index (χ0) is 13.9. The molecule has 0 aliphatic rings. The van der Waals surface area contributed by atoms with E-state index in [1.807, 2.05) is 30.3 Å². The number of aromatic nitrogens is 2. The molecule has 0 aliphatic heterocycles. The molecule has 6 heteroatoms. The van der Waals surface area contributed by atoms with Gasteiger partial charge in [-0.25, -0.2) is 4.98 Å². The van der Waals surface area contributed by atoms with Gasteiger partial charge in [0.25, 0.3) is 5.56 Å². The van der Waals surface area contributed by atoms with Crippen molar-refractivity contribution in [1.82, 2.24) is 9.97 Å². The number of aryl methyl sites for hydroxylation is 2. The zero-order valence-corrected chi connectivity index (χ0v) is 9.87. The topological polar surface area (TPSA) is 45.8 Å². The predicted molar refractivity (Wildman–Crippen MR) is 63.7 cm³/mol. The number of rotatable bonds is 3. The van der Waals surface area contributed by atoms with Crippen LogP contribution in [0.1, 0.15) is 17.1 Å². The second kappa shape index (κ2) is 5.26. The molecule has 19 heavy (non-hydrogen) atoms. The molecule has 0 saturated carbocycles. The number of hydrogen-bond donors (Lipinski definition) is 1. The molecule has 0 amide bonds. The lowest BCUT2D eigenvalue weighted by Crippen LogP contribution is -2.18. The smallest absolute Gasteiger partial charge is 0.311 e. The number of H-pyrrole nitrogens is 1. The van der Waals surface area contributed by atoms with Gasteiger partial charge >= 0.3 is 6.18 Å². The van der Waals surface area contributed by atoms with Crippen LogP contribution >= 0.6 is 0 Å². The Morgan fingerprint density at radius 3 is 2.42 bits per heavy atom. The van der Waals surface area contributed by atoms with Crippen molar-refractivity contribution in [1.29, 1.82) is 0 Å². The molecule has 0 atom stereocenters. The Morgan fingerprint density at radius 2 is 1.79 bits per heavy atom. The summed E-state index contributed by atoms with van der Waals surface area (Å²) in [5.41, 5.74) is -0.966. The lowest BCUT2D eigenvalue weighted by Gasteiger charge is -2.07. The minimum Gasteiger partial charge on any atom is -0.311 e. The van der Waals surface area contributed by atoms with Crippen LogP contribution < -0.4 is 5.56 Å². The first-order valence-corrected chi connectivity index (χ1v) is 5.66. The van der Waals surface area contributed by atoms with Crippen LogP contribution in [0.4, 0.5) is 13.2 Å². The second-order valence-electron chi connectivity index (χ2n) is 4.06. The summed E-state index contributed by atoms with van der Waals surface area (Å²) in [6, 6.07) is 9.74. The normalized spacial score (nSPS) is 11.5. The van der Waals surface area contributed by atoms with Gasteiger partial charge in [0, 0.05) is 12.5 Å². The molecule has 3 nitrogen and oxygen atoms in total. The van der Waals surface area contributed by atoms with Crippen molar-refractivity contribution < 1.29 is 13.2 Å². The van der Waals surface area contributed by atoms with Crippen LogP contribution in [-0.2, 0) is 19.0 Å². The Labute approximate surface area is 107 Å². The summed E-state index contributed by atoms with van der Waals surface area (Å²) >= 11 is 0. The highest BCUT2D eigenvalue weighted by Gasteiger charge is 2.33. The molecule has 0 fully saturated rings. The molecule has 1 heterocycles. The first-order valence-electron chi connectivity index (χ1n) is 5.66. The Morgan fingerprint density at radius 1 is 1.11 bits per heavy atom. The summed E-state index contributed by atoms with van der Waals surface area (Å²) < 4.78 is 37.5. The Hall–Kier alpha value is -2.11. The van der Waals surface area contributed by atoms with Gasteiger partial charge in [0.1, 0.15) is 5.82 Å². The van der Waals surface area contributed by atoms with Gasteiger partial charge in [-0.1, -0.05) is 30.3 Å². The summed E-state index contributed by atoms with van der Waals surface area (Å²) in [5.74, 6) is 0.0451. The standard InChI is InChI=1S/C13H11F3N2O/c14-13(15,16)10-8-12(19)18-11(17-10)7-6-9-4-2-1-3-5-9/h1-5,8H,6-7H2,(H,17,18,19). The van der Waals surface area contributed by atoms with Gasteiger partial charge in [-0.15, -0.1) is 0 Å². The Kier molecular flexibility index (Phi) is 3.69. The number of nitrogens with zero attached hydrogens (tertiary/aromatic N) is 1. The highest BCUT2D eigenvalue weighted by atomic mass is 19.4. The fourth-order valence-electron chi connectivity index (χ4n) is 1.68. The molecule has 2 aromatic rings. The molecular weight excluding hydrogens is 257 g/mol. The van der Waals surface area contributed by atoms with Crippen molar-refractivity contribution in [3.05, 3.63) is 63.8 Å². The minimum atomic E-state index is -4.60. The molecule has 1 aromatic heterocycles. The van der Waals surface area contributed by atoms with E-state index in [1.54, 1.807) is 0 Å². The summed E-state index contributed by atoms with van der Waals surface area (Å²) in [5, 5.41) is 0. The zero-order valence-electron chi connectivity index (χ0n) is 9.87. The van der Waals surface area contributed by atoms with E-state index in [2.05, 4.69) is 9.97 Å². The van der Waals surface area contributed by atoms with Crippen LogP contribution in [0.5, 0.6) is 0 Å². The molecule has 1 aromatic carbocycles. The Bertz CT molecular complexity index is 605. The lowest BCUT2D eigenvalue weighted by molar-refractivity contribution is -0.141. The van der Waals surface area contributed by atoms with E-state index in [9.17, 15) is 18.0 Å². The molecule has 0 bridgehead atoms. The van der Waals surface area contributed by atoms with Crippen molar-refractivity contribution in [3.8, 4) is 0 Å². The van der Waals surface area contributed by atoms with Crippen LogP contribution in [0.25, 0.3) is 0 Å². The SMILES string of the molecule is O=c1cc(C(F)(F)F)nc(CCc2ccccc2)[nH]1. The van der Waals surface area contributed by atoms with Crippen LogP contribution in [0.2, 0.25) is 0 Å². The van der Waals surface area contributed by atoms with Crippen molar-refractivity contribution in [2.24, 2.45) is 0 Å². The summed E-state index contributed by atoms with van der Waals surface area (Å²) in [7, 11) is 0. The third-order valence-electron chi connectivity index (χ3n) is 2.57. The number of benzene rings is 1. The van der Waals surface area contributed by atoms with E-state index in [0.717, 1.165) is 5.56 Å². The molecule has 0 saturated heterocycles. The number of nitrogens with one attached hydrogen (secondary N) is 1. The molecule has 1 N–H and O–H groups in total. The average Bonchev–Trinajstić information content (AvgIpc) is 2.36. The van der Waals surface area contributed by atoms with E-state index in [-0.39, 0.29) is 12.2 Å². The van der Waals surface area contributed by atoms with E-state index in [0.29, 0.717) is 12.5 Å². The molecule has 2 rings (SSSR count). The predicted octanol–water partition coefficient (Wildman–Crippen LogP) is 2.57. The molecule has 0 aliphatic carbocycles. The van der Waals surface area contributed by atoms with Gasteiger partial charge in [-0.3, -0.25) is 4.79 Å². The van der Waals surface area contributed by atoms with Gasteiger partial charge in [0.2, 0.25) is 0 Å². The highest BCUT2D eigenvalue weighted by Crippen LogP contribution is 2.26. The van der Waals surface area contributed by atoms with Gasteiger partial charge in [-0.2, -0.15) is 13.2 Å². The number of aromatic amines is 1. The fraction of sp³-hybridized carbons (Fsp3) is 0.231. The van der Waals surface area contributed by atoms with Crippen LogP contribution in [0.15, 0.2) is 41.2 Å². The number of alkyl halides is 3. The van der Waals surface area contributed by atoms with E-state index >= 15 is 0 Å². The van der Waals surface area contributed by atoms with Crippen LogP contribution in [-0.4, -0.2) is 9.97 Å². The quantitative estimate of drug-likeness (QED) is 0.930. The number of halogens is 3. The molecule has 100 valence electrons. The third kappa shape index (κ3) is 3.67. The summed E-state index contributed by atoms with van der Waals surface area (Å²) in [6.07, 6.45) is -3.83. The fourth-order valence-corrected chi connectivity index (χ4v) is 1.68. The van der Waals surface area contributed by atoms with E-state index < -0.39 is 17.4 Å². The van der Waals surface area contributed by atoms with Gasteiger partial charge in [-0.05, 0) is 12.0 Å². The van der Waals surface area contributed by atoms with Crippen LogP contribution in [0, 0.1) is 0 Å². The Balaban J connectivity index is 2.17. The first kappa shape index (κ1) is 13.3. The second-order valence-corrected chi connectivity index (χ2v) is 4.06. The maximum atomic E-state index is 12.5. The number of hydrogen-bond acceptors (Lipinski definition) is 2. The maximum Gasteiger partial charge on any atom is 0.433 e. The van der Waals surface area contributed by atoms with Gasteiger partial charge in [0.15, 0.2) is 5.69 Å².